The maximum atomic E-state index is 11.9. The van der Waals surface area contributed by atoms with Gasteiger partial charge in [-0.3, -0.25) is 9.36 Å². The monoisotopic (exact) mass is 268 g/mol. The molecule has 5 nitrogen and oxygen atoms in total. The Hall–Kier alpha value is -2.82. The Morgan fingerprint density at radius 2 is 1.90 bits per heavy atom. The van der Waals surface area contributed by atoms with Crippen LogP contribution in [0.1, 0.15) is 15.9 Å². The quantitative estimate of drug-likeness (QED) is 0.785. The predicted octanol–water partition coefficient (Wildman–Crippen LogP) is 1.74. The van der Waals surface area contributed by atoms with Gasteiger partial charge in [0, 0.05) is 5.56 Å². The third-order valence-corrected chi connectivity index (χ3v) is 3.14. The highest BCUT2D eigenvalue weighted by Crippen LogP contribution is 2.16. The number of hydrogen-bond donors (Lipinski definition) is 1. The van der Waals surface area contributed by atoms with Crippen molar-refractivity contribution in [1.29, 1.82) is 0 Å². The standard InChI is InChI=1S/C15H12N2O3/c16-14(18)11-6-7-13-12(8-11)17(15(19)20-13)9-10-4-2-1-3-5-10/h1-8H,9H2,(H2,16,18). The molecule has 0 aliphatic carbocycles. The first kappa shape index (κ1) is 12.2. The first-order valence-corrected chi connectivity index (χ1v) is 6.12. The Morgan fingerprint density at radius 3 is 2.60 bits per heavy atom. The lowest BCUT2D eigenvalue weighted by atomic mass is 10.2. The summed E-state index contributed by atoms with van der Waals surface area (Å²) in [4.78, 5) is 23.1. The molecule has 0 bridgehead atoms. The summed E-state index contributed by atoms with van der Waals surface area (Å²) in [6.07, 6.45) is 0. The topological polar surface area (TPSA) is 78.2 Å². The summed E-state index contributed by atoms with van der Waals surface area (Å²) in [7, 11) is 0. The van der Waals surface area contributed by atoms with E-state index in [1.807, 2.05) is 30.3 Å². The molecule has 0 atom stereocenters. The molecule has 0 spiro atoms. The lowest BCUT2D eigenvalue weighted by molar-refractivity contribution is 0.100. The van der Waals surface area contributed by atoms with Gasteiger partial charge < -0.3 is 10.2 Å². The van der Waals surface area contributed by atoms with Crippen molar-refractivity contribution in [3.63, 3.8) is 0 Å². The van der Waals surface area contributed by atoms with Gasteiger partial charge in [0.25, 0.3) is 0 Å². The van der Waals surface area contributed by atoms with Gasteiger partial charge in [0.05, 0.1) is 12.1 Å². The Morgan fingerprint density at radius 1 is 1.15 bits per heavy atom. The van der Waals surface area contributed by atoms with E-state index in [1.165, 1.54) is 4.57 Å². The second-order valence-corrected chi connectivity index (χ2v) is 4.49. The highest BCUT2D eigenvalue weighted by atomic mass is 16.4. The van der Waals surface area contributed by atoms with Gasteiger partial charge >= 0.3 is 5.76 Å². The number of nitrogens with zero attached hydrogens (tertiary/aromatic N) is 1. The molecule has 0 unspecified atom stereocenters. The molecule has 1 heterocycles. The molecular formula is C15H12N2O3. The second kappa shape index (κ2) is 4.70. The van der Waals surface area contributed by atoms with Crippen molar-refractivity contribution in [2.45, 2.75) is 6.54 Å². The fourth-order valence-electron chi connectivity index (χ4n) is 2.13. The zero-order valence-corrected chi connectivity index (χ0v) is 10.6. The minimum absolute atomic E-state index is 0.347. The number of hydrogen-bond acceptors (Lipinski definition) is 3. The molecule has 0 radical (unpaired) electrons. The highest BCUT2D eigenvalue weighted by molar-refractivity contribution is 5.95. The summed E-state index contributed by atoms with van der Waals surface area (Å²) in [5.74, 6) is -0.989. The number of amides is 1. The van der Waals surface area contributed by atoms with Crippen molar-refractivity contribution in [3.8, 4) is 0 Å². The van der Waals surface area contributed by atoms with Crippen molar-refractivity contribution < 1.29 is 9.21 Å². The highest BCUT2D eigenvalue weighted by Gasteiger charge is 2.11. The number of carbonyl (C=O) groups excluding carboxylic acids is 1. The van der Waals surface area contributed by atoms with Crippen LogP contribution in [0.25, 0.3) is 11.1 Å². The second-order valence-electron chi connectivity index (χ2n) is 4.49. The fourth-order valence-corrected chi connectivity index (χ4v) is 2.13. The van der Waals surface area contributed by atoms with E-state index in [1.54, 1.807) is 18.2 Å². The number of rotatable bonds is 3. The molecule has 2 aromatic carbocycles. The molecule has 0 aliphatic rings. The minimum atomic E-state index is -0.535. The predicted molar refractivity (Wildman–Crippen MR) is 74.5 cm³/mol. The summed E-state index contributed by atoms with van der Waals surface area (Å²) < 4.78 is 6.64. The van der Waals surface area contributed by atoms with Crippen LogP contribution in [0.15, 0.2) is 57.7 Å². The van der Waals surface area contributed by atoms with Crippen LogP contribution in [0, 0.1) is 0 Å². The van der Waals surface area contributed by atoms with Gasteiger partial charge in [0.15, 0.2) is 5.58 Å². The van der Waals surface area contributed by atoms with Gasteiger partial charge in [-0.25, -0.2) is 4.79 Å². The number of benzene rings is 2. The van der Waals surface area contributed by atoms with Gasteiger partial charge in [0.2, 0.25) is 5.91 Å². The fraction of sp³-hybridized carbons (Fsp3) is 0.0667. The van der Waals surface area contributed by atoms with Crippen LogP contribution in [-0.2, 0) is 6.54 Å². The average Bonchev–Trinajstić information content (AvgIpc) is 2.75. The summed E-state index contributed by atoms with van der Waals surface area (Å²) in [5, 5.41) is 0. The molecule has 3 rings (SSSR count). The number of aromatic nitrogens is 1. The van der Waals surface area contributed by atoms with Gasteiger partial charge in [-0.2, -0.15) is 0 Å². The number of fused-ring (bicyclic) bond motifs is 1. The SMILES string of the molecule is NC(=O)c1ccc2oc(=O)n(Cc3ccccc3)c2c1. The zero-order valence-electron chi connectivity index (χ0n) is 10.6. The van der Waals surface area contributed by atoms with Crippen LogP contribution in [0.2, 0.25) is 0 Å². The number of carbonyl (C=O) groups is 1. The van der Waals surface area contributed by atoms with Crippen LogP contribution < -0.4 is 11.5 Å². The largest absolute Gasteiger partial charge is 0.420 e. The van der Waals surface area contributed by atoms with Crippen molar-refractivity contribution in [2.75, 3.05) is 0 Å². The van der Waals surface area contributed by atoms with Crippen molar-refractivity contribution in [2.24, 2.45) is 5.73 Å². The van der Waals surface area contributed by atoms with Crippen molar-refractivity contribution in [3.05, 3.63) is 70.2 Å². The van der Waals surface area contributed by atoms with E-state index >= 15 is 0 Å². The van der Waals surface area contributed by atoms with E-state index in [2.05, 4.69) is 0 Å². The molecule has 1 amide bonds. The third-order valence-electron chi connectivity index (χ3n) is 3.14. The Kier molecular flexibility index (Phi) is 2.87. The maximum absolute atomic E-state index is 11.9. The lowest BCUT2D eigenvalue weighted by Gasteiger charge is -2.03. The van der Waals surface area contributed by atoms with Crippen molar-refractivity contribution >= 4 is 17.0 Å². The lowest BCUT2D eigenvalue weighted by Crippen LogP contribution is -2.15. The van der Waals surface area contributed by atoms with Crippen LogP contribution in [0.5, 0.6) is 0 Å². The van der Waals surface area contributed by atoms with Crippen LogP contribution >= 0.6 is 0 Å². The molecule has 3 aromatic rings. The van der Waals surface area contributed by atoms with Crippen molar-refractivity contribution in [1.82, 2.24) is 4.57 Å². The number of primary amides is 1. The number of nitrogens with two attached hydrogens (primary N) is 1. The first-order chi connectivity index (χ1) is 9.65. The van der Waals surface area contributed by atoms with E-state index in [4.69, 9.17) is 10.2 Å². The van der Waals surface area contributed by atoms with Gasteiger partial charge in [-0.05, 0) is 23.8 Å². The summed E-state index contributed by atoms with van der Waals surface area (Å²) in [6.45, 7) is 0.384. The summed E-state index contributed by atoms with van der Waals surface area (Å²) >= 11 is 0. The smallest absolute Gasteiger partial charge is 0.408 e. The Balaban J connectivity index is 2.14. The van der Waals surface area contributed by atoms with Crippen LogP contribution in [0.4, 0.5) is 0 Å². The molecule has 1 aromatic heterocycles. The zero-order chi connectivity index (χ0) is 14.1. The van der Waals surface area contributed by atoms with E-state index in [-0.39, 0.29) is 0 Å². The summed E-state index contributed by atoms with van der Waals surface area (Å²) in [6, 6.07) is 14.2. The molecule has 5 heteroatoms. The van der Waals surface area contributed by atoms with Crippen LogP contribution in [0.3, 0.4) is 0 Å². The average molecular weight is 268 g/mol. The molecule has 100 valence electrons. The summed E-state index contributed by atoms with van der Waals surface area (Å²) in [5.41, 5.74) is 7.58. The van der Waals surface area contributed by atoms with Gasteiger partial charge in [-0.1, -0.05) is 30.3 Å². The van der Waals surface area contributed by atoms with Gasteiger partial charge in [0.1, 0.15) is 0 Å². The molecular weight excluding hydrogens is 256 g/mol. The van der Waals surface area contributed by atoms with E-state index in [0.717, 1.165) is 5.56 Å². The Labute approximate surface area is 114 Å². The molecule has 0 saturated carbocycles. The number of oxazole rings is 1. The molecule has 0 saturated heterocycles. The van der Waals surface area contributed by atoms with Gasteiger partial charge in [-0.15, -0.1) is 0 Å². The van der Waals surface area contributed by atoms with E-state index in [0.29, 0.717) is 23.2 Å². The maximum Gasteiger partial charge on any atom is 0.420 e. The first-order valence-electron chi connectivity index (χ1n) is 6.12. The van der Waals surface area contributed by atoms with E-state index in [9.17, 15) is 9.59 Å². The Bertz CT molecular complexity index is 831. The minimum Gasteiger partial charge on any atom is -0.408 e. The van der Waals surface area contributed by atoms with E-state index < -0.39 is 11.7 Å². The van der Waals surface area contributed by atoms with Crippen LogP contribution in [-0.4, -0.2) is 10.5 Å². The molecule has 20 heavy (non-hydrogen) atoms. The normalized spacial score (nSPS) is 10.8. The molecule has 0 fully saturated rings. The molecule has 0 aliphatic heterocycles. The third kappa shape index (κ3) is 2.09. The molecule has 2 N–H and O–H groups in total.